The van der Waals surface area contributed by atoms with E-state index < -0.39 is 0 Å². The van der Waals surface area contributed by atoms with E-state index in [1.54, 1.807) is 4.90 Å². The fourth-order valence-corrected chi connectivity index (χ4v) is 1.42. The molecule has 1 heterocycles. The van der Waals surface area contributed by atoms with Crippen molar-refractivity contribution in [2.75, 3.05) is 13.1 Å². The van der Waals surface area contributed by atoms with Gasteiger partial charge in [0.2, 0.25) is 12.0 Å². The molecule has 1 fully saturated rings. The molecule has 1 rings (SSSR count). The first-order valence-electron chi connectivity index (χ1n) is 4.06. The average Bonchev–Trinajstić information content (AvgIpc) is 2.05. The maximum atomic E-state index is 10.9. The van der Waals surface area contributed by atoms with Crippen LogP contribution in [0.2, 0.25) is 0 Å². The second-order valence-corrected chi connectivity index (χ2v) is 2.98. The van der Waals surface area contributed by atoms with Crippen molar-refractivity contribution in [2.24, 2.45) is 4.99 Å². The summed E-state index contributed by atoms with van der Waals surface area (Å²) in [4.78, 5) is 26.2. The largest absolute Gasteiger partial charge is 0.341 e. The highest BCUT2D eigenvalue weighted by molar-refractivity contribution is 5.73. The Kier molecular flexibility index (Phi) is 3.00. The molecular formula is C8H12N2O2. The Balaban J connectivity index is 2.51. The highest BCUT2D eigenvalue weighted by atomic mass is 16.2. The second kappa shape index (κ2) is 4.02. The van der Waals surface area contributed by atoms with Crippen LogP contribution in [-0.2, 0) is 9.59 Å². The Morgan fingerprint density at radius 2 is 2.42 bits per heavy atom. The van der Waals surface area contributed by atoms with Crippen LogP contribution in [0, 0.1) is 0 Å². The van der Waals surface area contributed by atoms with Gasteiger partial charge in [-0.2, -0.15) is 0 Å². The molecule has 4 heteroatoms. The van der Waals surface area contributed by atoms with Gasteiger partial charge in [0.05, 0.1) is 6.04 Å². The van der Waals surface area contributed by atoms with E-state index in [4.69, 9.17) is 0 Å². The van der Waals surface area contributed by atoms with Crippen molar-refractivity contribution in [2.45, 2.75) is 25.8 Å². The van der Waals surface area contributed by atoms with Gasteiger partial charge in [-0.15, -0.1) is 0 Å². The summed E-state index contributed by atoms with van der Waals surface area (Å²) in [6.45, 7) is 2.90. The summed E-state index contributed by atoms with van der Waals surface area (Å²) in [6.07, 6.45) is 3.35. The first kappa shape index (κ1) is 8.94. The first-order valence-corrected chi connectivity index (χ1v) is 4.06. The van der Waals surface area contributed by atoms with Gasteiger partial charge in [-0.1, -0.05) is 0 Å². The zero-order valence-electron chi connectivity index (χ0n) is 7.12. The Hall–Kier alpha value is -1.15. The highest BCUT2D eigenvalue weighted by Crippen LogP contribution is 2.12. The lowest BCUT2D eigenvalue weighted by atomic mass is 10.1. The fraction of sp³-hybridized carbons (Fsp3) is 0.750. The smallest absolute Gasteiger partial charge is 0.235 e. The van der Waals surface area contributed by atoms with Crippen molar-refractivity contribution < 1.29 is 9.59 Å². The lowest BCUT2D eigenvalue weighted by molar-refractivity contribution is -0.129. The predicted molar refractivity (Wildman–Crippen MR) is 43.4 cm³/mol. The van der Waals surface area contributed by atoms with Crippen LogP contribution in [0.25, 0.3) is 0 Å². The van der Waals surface area contributed by atoms with Gasteiger partial charge < -0.3 is 4.90 Å². The van der Waals surface area contributed by atoms with E-state index in [0.29, 0.717) is 6.54 Å². The summed E-state index contributed by atoms with van der Waals surface area (Å²) < 4.78 is 0. The van der Waals surface area contributed by atoms with Gasteiger partial charge in [0.15, 0.2) is 0 Å². The van der Waals surface area contributed by atoms with E-state index in [0.717, 1.165) is 19.4 Å². The summed E-state index contributed by atoms with van der Waals surface area (Å²) in [5.41, 5.74) is 0. The third-order valence-corrected chi connectivity index (χ3v) is 2.08. The number of aliphatic imine (C=N–C) groups is 1. The van der Waals surface area contributed by atoms with Crippen LogP contribution in [0.4, 0.5) is 0 Å². The number of isocyanates is 1. The molecule has 0 aromatic rings. The summed E-state index contributed by atoms with van der Waals surface area (Å²) in [5, 5.41) is 0. The molecule has 1 amide bonds. The summed E-state index contributed by atoms with van der Waals surface area (Å²) >= 11 is 0. The molecule has 12 heavy (non-hydrogen) atoms. The predicted octanol–water partition coefficient (Wildman–Crippen LogP) is 0.333. The number of hydrogen-bond acceptors (Lipinski definition) is 3. The molecule has 1 aliphatic rings. The maximum absolute atomic E-state index is 10.9. The molecule has 1 unspecified atom stereocenters. The van der Waals surface area contributed by atoms with Gasteiger partial charge in [0.25, 0.3) is 0 Å². The van der Waals surface area contributed by atoms with E-state index in [-0.39, 0.29) is 11.9 Å². The lowest BCUT2D eigenvalue weighted by Gasteiger charge is -2.28. The van der Waals surface area contributed by atoms with Crippen LogP contribution < -0.4 is 0 Å². The minimum Gasteiger partial charge on any atom is -0.341 e. The number of carbonyl (C=O) groups excluding carboxylic acids is 2. The number of carbonyl (C=O) groups is 1. The van der Waals surface area contributed by atoms with Crippen molar-refractivity contribution in [3.05, 3.63) is 0 Å². The van der Waals surface area contributed by atoms with E-state index in [1.807, 2.05) is 0 Å². The lowest BCUT2D eigenvalue weighted by Crippen LogP contribution is -2.40. The van der Waals surface area contributed by atoms with Crippen LogP contribution in [-0.4, -0.2) is 36.0 Å². The zero-order chi connectivity index (χ0) is 8.97. The van der Waals surface area contributed by atoms with Crippen molar-refractivity contribution in [3.63, 3.8) is 0 Å². The van der Waals surface area contributed by atoms with Crippen LogP contribution in [0.1, 0.15) is 19.8 Å². The molecule has 1 aliphatic heterocycles. The van der Waals surface area contributed by atoms with Crippen LogP contribution in [0.3, 0.4) is 0 Å². The summed E-state index contributed by atoms with van der Waals surface area (Å²) in [6, 6.07) is -0.0276. The quantitative estimate of drug-likeness (QED) is 0.418. The topological polar surface area (TPSA) is 49.7 Å². The number of rotatable bonds is 1. The van der Waals surface area contributed by atoms with Gasteiger partial charge in [0, 0.05) is 20.0 Å². The van der Waals surface area contributed by atoms with Crippen molar-refractivity contribution in [1.29, 1.82) is 0 Å². The van der Waals surface area contributed by atoms with Crippen LogP contribution in [0.15, 0.2) is 4.99 Å². The molecule has 1 saturated heterocycles. The van der Waals surface area contributed by atoms with E-state index >= 15 is 0 Å². The number of likely N-dealkylation sites (tertiary alicyclic amines) is 1. The summed E-state index contributed by atoms with van der Waals surface area (Å²) in [5.74, 6) is 0.0563. The maximum Gasteiger partial charge on any atom is 0.235 e. The van der Waals surface area contributed by atoms with Gasteiger partial charge in [-0.25, -0.2) is 9.79 Å². The number of amides is 1. The molecule has 0 bridgehead atoms. The zero-order valence-corrected chi connectivity index (χ0v) is 7.12. The monoisotopic (exact) mass is 168 g/mol. The van der Waals surface area contributed by atoms with E-state index in [1.165, 1.54) is 13.0 Å². The van der Waals surface area contributed by atoms with Gasteiger partial charge in [-0.3, -0.25) is 4.79 Å². The molecule has 66 valence electrons. The van der Waals surface area contributed by atoms with Crippen LogP contribution in [0.5, 0.6) is 0 Å². The SMILES string of the molecule is CC(=O)N1CCCC(N=C=O)C1. The molecule has 0 N–H and O–H groups in total. The Morgan fingerprint density at radius 1 is 1.67 bits per heavy atom. The average molecular weight is 168 g/mol. The summed E-state index contributed by atoms with van der Waals surface area (Å²) in [7, 11) is 0. The molecule has 0 spiro atoms. The Morgan fingerprint density at radius 3 is 3.00 bits per heavy atom. The molecule has 0 aromatic heterocycles. The van der Waals surface area contributed by atoms with Crippen molar-refractivity contribution >= 4 is 12.0 Å². The molecule has 0 saturated carbocycles. The third kappa shape index (κ3) is 2.17. The van der Waals surface area contributed by atoms with Gasteiger partial charge in [0.1, 0.15) is 0 Å². The van der Waals surface area contributed by atoms with Gasteiger partial charge >= 0.3 is 0 Å². The van der Waals surface area contributed by atoms with Gasteiger partial charge in [-0.05, 0) is 12.8 Å². The van der Waals surface area contributed by atoms with E-state index in [2.05, 4.69) is 4.99 Å². The highest BCUT2D eigenvalue weighted by Gasteiger charge is 2.20. The number of hydrogen-bond donors (Lipinski definition) is 0. The molecule has 1 atom stereocenters. The van der Waals surface area contributed by atoms with Crippen molar-refractivity contribution in [1.82, 2.24) is 4.90 Å². The Bertz CT molecular complexity index is 213. The van der Waals surface area contributed by atoms with Crippen LogP contribution >= 0.6 is 0 Å². The van der Waals surface area contributed by atoms with Crippen molar-refractivity contribution in [3.8, 4) is 0 Å². The third-order valence-electron chi connectivity index (χ3n) is 2.08. The molecule has 0 aromatic carbocycles. The van der Waals surface area contributed by atoms with E-state index in [9.17, 15) is 9.59 Å². The second-order valence-electron chi connectivity index (χ2n) is 2.98. The molecule has 0 radical (unpaired) electrons. The first-order chi connectivity index (χ1) is 5.74. The fourth-order valence-electron chi connectivity index (χ4n) is 1.42. The Labute approximate surface area is 71.3 Å². The number of piperidine rings is 1. The minimum atomic E-state index is -0.0276. The normalized spacial score (nSPS) is 23.1. The number of nitrogens with zero attached hydrogens (tertiary/aromatic N) is 2. The molecule has 0 aliphatic carbocycles. The molecule has 4 nitrogen and oxygen atoms in total. The molecular weight excluding hydrogens is 156 g/mol. The standard InChI is InChI=1S/C8H12N2O2/c1-7(12)10-4-2-3-8(5-10)9-6-11/h8H,2-5H2,1H3. The minimum absolute atomic E-state index is 0.0276.